The predicted molar refractivity (Wildman–Crippen MR) is 130 cm³/mol. The number of benzene rings is 2. The highest BCUT2D eigenvalue weighted by atomic mass is 32.1. The lowest BCUT2D eigenvalue weighted by atomic mass is 10.2. The maximum Gasteiger partial charge on any atom is 0.225 e. The minimum atomic E-state index is -0.0842. The minimum Gasteiger partial charge on any atom is -0.365 e. The third kappa shape index (κ3) is 5.19. The Balaban J connectivity index is 1.66. The van der Waals surface area contributed by atoms with E-state index in [1.165, 1.54) is 6.92 Å². The lowest BCUT2D eigenvalue weighted by Crippen LogP contribution is -2.13. The van der Waals surface area contributed by atoms with Gasteiger partial charge in [-0.2, -0.15) is 4.98 Å². The van der Waals surface area contributed by atoms with Crippen LogP contribution in [-0.2, 0) is 11.3 Å². The van der Waals surface area contributed by atoms with Crippen LogP contribution in [0, 0.1) is 0 Å². The Labute approximate surface area is 185 Å². The number of carbonyl (C=O) groups is 1. The van der Waals surface area contributed by atoms with E-state index < -0.39 is 0 Å². The summed E-state index contributed by atoms with van der Waals surface area (Å²) in [6.45, 7) is 6.22. The maximum atomic E-state index is 11.3. The molecule has 31 heavy (non-hydrogen) atoms. The second-order valence-electron chi connectivity index (χ2n) is 7.62. The number of anilines is 3. The Morgan fingerprint density at radius 3 is 2.58 bits per heavy atom. The summed E-state index contributed by atoms with van der Waals surface area (Å²) < 4.78 is 1.02. The van der Waals surface area contributed by atoms with Gasteiger partial charge in [-0.15, -0.1) is 11.3 Å². The Bertz CT molecular complexity index is 1200. The summed E-state index contributed by atoms with van der Waals surface area (Å²) in [5, 5.41) is 9.60. The van der Waals surface area contributed by atoms with Gasteiger partial charge in [0.1, 0.15) is 5.82 Å². The summed E-state index contributed by atoms with van der Waals surface area (Å²) in [4.78, 5) is 22.0. The molecule has 0 saturated heterocycles. The molecule has 0 bridgehead atoms. The van der Waals surface area contributed by atoms with Crippen molar-refractivity contribution in [2.24, 2.45) is 0 Å². The van der Waals surface area contributed by atoms with Gasteiger partial charge in [0, 0.05) is 30.1 Å². The van der Waals surface area contributed by atoms with Crippen LogP contribution in [0.4, 0.5) is 17.5 Å². The quantitative estimate of drug-likeness (QED) is 0.347. The summed E-state index contributed by atoms with van der Waals surface area (Å²) in [6.07, 6.45) is 0. The van der Waals surface area contributed by atoms with E-state index >= 15 is 0 Å². The molecule has 2 heterocycles. The lowest BCUT2D eigenvalue weighted by Gasteiger charge is -2.12. The van der Waals surface area contributed by atoms with E-state index in [-0.39, 0.29) is 11.9 Å². The first-order valence-corrected chi connectivity index (χ1v) is 11.0. The molecule has 158 valence electrons. The molecule has 0 fully saturated rings. The Morgan fingerprint density at radius 1 is 1.03 bits per heavy atom. The molecule has 0 aliphatic carbocycles. The second-order valence-corrected chi connectivity index (χ2v) is 8.67. The molecule has 0 atom stereocenters. The highest BCUT2D eigenvalue weighted by Crippen LogP contribution is 2.36. The number of nitrogens with one attached hydrogen (secondary N) is 3. The Kier molecular flexibility index (Phi) is 6.13. The van der Waals surface area contributed by atoms with Crippen molar-refractivity contribution in [2.75, 3.05) is 16.0 Å². The topological polar surface area (TPSA) is 78.9 Å². The lowest BCUT2D eigenvalue weighted by molar-refractivity contribution is -0.114. The highest BCUT2D eigenvalue weighted by molar-refractivity contribution is 7.22. The molecular weight excluding hydrogens is 406 g/mol. The molecule has 0 unspecified atom stereocenters. The van der Waals surface area contributed by atoms with Crippen molar-refractivity contribution < 1.29 is 4.79 Å². The fourth-order valence-electron chi connectivity index (χ4n) is 3.27. The van der Waals surface area contributed by atoms with Crippen LogP contribution in [0.5, 0.6) is 0 Å². The van der Waals surface area contributed by atoms with E-state index in [4.69, 9.17) is 9.97 Å². The van der Waals surface area contributed by atoms with Crippen molar-refractivity contribution in [1.82, 2.24) is 9.97 Å². The normalized spacial score (nSPS) is 11.0. The van der Waals surface area contributed by atoms with Crippen LogP contribution >= 0.6 is 11.3 Å². The van der Waals surface area contributed by atoms with Gasteiger partial charge >= 0.3 is 0 Å². The summed E-state index contributed by atoms with van der Waals surface area (Å²) in [5.41, 5.74) is 3.91. The standard InChI is InChI=1S/C24H25N5OS/c1-15(2)26-24-28-20-13-21(18-9-5-4-6-10-18)31-22(20)23(29-24)25-14-17-8-7-11-19(12-17)27-16(3)30/h4-13,15H,14H2,1-3H3,(H,27,30)(H2,25,26,28,29). The number of hydrogen-bond donors (Lipinski definition) is 3. The molecule has 2 aromatic carbocycles. The third-order valence-corrected chi connectivity index (χ3v) is 5.74. The van der Waals surface area contributed by atoms with Gasteiger partial charge in [-0.25, -0.2) is 4.98 Å². The molecule has 0 radical (unpaired) electrons. The fourth-order valence-corrected chi connectivity index (χ4v) is 4.33. The van der Waals surface area contributed by atoms with Gasteiger partial charge < -0.3 is 16.0 Å². The smallest absolute Gasteiger partial charge is 0.225 e. The second kappa shape index (κ2) is 9.14. The molecule has 0 aliphatic heterocycles. The van der Waals surface area contributed by atoms with Crippen LogP contribution in [0.15, 0.2) is 60.7 Å². The first kappa shape index (κ1) is 20.8. The fraction of sp³-hybridized carbons (Fsp3) is 0.208. The maximum absolute atomic E-state index is 11.3. The molecule has 4 aromatic rings. The molecule has 0 saturated carbocycles. The van der Waals surface area contributed by atoms with Crippen molar-refractivity contribution in [3.05, 3.63) is 66.2 Å². The van der Waals surface area contributed by atoms with E-state index in [1.54, 1.807) is 11.3 Å². The Hall–Kier alpha value is -3.45. The van der Waals surface area contributed by atoms with E-state index in [0.717, 1.165) is 37.7 Å². The van der Waals surface area contributed by atoms with Gasteiger partial charge in [0.05, 0.1) is 10.2 Å². The first-order valence-electron chi connectivity index (χ1n) is 10.2. The molecule has 0 spiro atoms. The van der Waals surface area contributed by atoms with E-state index in [0.29, 0.717) is 12.5 Å². The monoisotopic (exact) mass is 431 g/mol. The van der Waals surface area contributed by atoms with Crippen LogP contribution < -0.4 is 16.0 Å². The van der Waals surface area contributed by atoms with Gasteiger partial charge in [-0.1, -0.05) is 42.5 Å². The number of thiophene rings is 1. The number of hydrogen-bond acceptors (Lipinski definition) is 6. The molecule has 6 nitrogen and oxygen atoms in total. The summed E-state index contributed by atoms with van der Waals surface area (Å²) in [5.74, 6) is 1.32. The number of aromatic nitrogens is 2. The largest absolute Gasteiger partial charge is 0.365 e. The average molecular weight is 432 g/mol. The van der Waals surface area contributed by atoms with Gasteiger partial charge in [0.25, 0.3) is 0 Å². The van der Waals surface area contributed by atoms with Crippen molar-refractivity contribution in [2.45, 2.75) is 33.4 Å². The molecule has 4 rings (SSSR count). The minimum absolute atomic E-state index is 0.0842. The molecule has 3 N–H and O–H groups in total. The van der Waals surface area contributed by atoms with Crippen LogP contribution in [0.1, 0.15) is 26.3 Å². The van der Waals surface area contributed by atoms with Crippen LogP contribution in [0.3, 0.4) is 0 Å². The zero-order valence-corrected chi connectivity index (χ0v) is 18.6. The van der Waals surface area contributed by atoms with E-state index in [9.17, 15) is 4.79 Å². The molecule has 2 aromatic heterocycles. The number of amides is 1. The number of nitrogens with zero attached hydrogens (tertiary/aromatic N) is 2. The summed E-state index contributed by atoms with van der Waals surface area (Å²) in [7, 11) is 0. The zero-order chi connectivity index (χ0) is 21.8. The van der Waals surface area contributed by atoms with Gasteiger partial charge in [0.15, 0.2) is 0 Å². The first-order chi connectivity index (χ1) is 15.0. The molecule has 1 amide bonds. The van der Waals surface area contributed by atoms with Crippen molar-refractivity contribution >= 4 is 44.9 Å². The average Bonchev–Trinajstić information content (AvgIpc) is 3.16. The zero-order valence-electron chi connectivity index (χ0n) is 17.8. The van der Waals surface area contributed by atoms with Crippen LogP contribution in [0.25, 0.3) is 20.7 Å². The highest BCUT2D eigenvalue weighted by Gasteiger charge is 2.14. The van der Waals surface area contributed by atoms with Crippen molar-refractivity contribution in [3.8, 4) is 10.4 Å². The molecule has 7 heteroatoms. The van der Waals surface area contributed by atoms with Gasteiger partial charge in [-0.3, -0.25) is 4.79 Å². The van der Waals surface area contributed by atoms with Gasteiger partial charge in [0.2, 0.25) is 11.9 Å². The third-order valence-electron chi connectivity index (χ3n) is 4.55. The number of fused-ring (bicyclic) bond motifs is 1. The predicted octanol–water partition coefficient (Wildman–Crippen LogP) is 5.75. The van der Waals surface area contributed by atoms with Crippen LogP contribution in [-0.4, -0.2) is 21.9 Å². The molecular formula is C24H25N5OS. The Morgan fingerprint density at radius 2 is 1.84 bits per heavy atom. The SMILES string of the molecule is CC(=O)Nc1cccc(CNc2nc(NC(C)C)nc3cc(-c4ccccc4)sc23)c1. The number of rotatable bonds is 7. The van der Waals surface area contributed by atoms with Crippen LogP contribution in [0.2, 0.25) is 0 Å². The number of carbonyl (C=O) groups excluding carboxylic acids is 1. The van der Waals surface area contributed by atoms with Gasteiger partial charge in [-0.05, 0) is 43.2 Å². The van der Waals surface area contributed by atoms with E-state index in [1.807, 2.05) is 42.5 Å². The van der Waals surface area contributed by atoms with E-state index in [2.05, 4.69) is 48.0 Å². The van der Waals surface area contributed by atoms with Crippen molar-refractivity contribution in [3.63, 3.8) is 0 Å². The summed E-state index contributed by atoms with van der Waals surface area (Å²) in [6, 6.07) is 20.4. The molecule has 0 aliphatic rings. The summed E-state index contributed by atoms with van der Waals surface area (Å²) >= 11 is 1.68. The van der Waals surface area contributed by atoms with Crippen molar-refractivity contribution in [1.29, 1.82) is 0 Å².